The molecule has 3 N–H and O–H groups in total. The van der Waals surface area contributed by atoms with Crippen molar-refractivity contribution in [3.8, 4) is 5.75 Å². The van der Waals surface area contributed by atoms with Crippen LogP contribution in [-0.4, -0.2) is 18.0 Å². The maximum absolute atomic E-state index is 12.4. The molecule has 1 heterocycles. The highest BCUT2D eigenvalue weighted by atomic mass is 19.3. The summed E-state index contributed by atoms with van der Waals surface area (Å²) in [6, 6.07) is 0.892. The number of aromatic nitrogens is 1. The van der Waals surface area contributed by atoms with Crippen LogP contribution < -0.4 is 16.0 Å². The van der Waals surface area contributed by atoms with E-state index in [-0.39, 0.29) is 5.75 Å². The Kier molecular flexibility index (Phi) is 3.03. The number of alkyl halides is 2. The Morgan fingerprint density at radius 3 is 2.60 bits per heavy atom. The van der Waals surface area contributed by atoms with Gasteiger partial charge in [-0.25, -0.2) is 8.78 Å². The molecule has 0 saturated carbocycles. The minimum Gasteiger partial charge on any atom is -0.491 e. The van der Waals surface area contributed by atoms with Crippen molar-refractivity contribution in [2.75, 3.05) is 7.11 Å². The third kappa shape index (κ3) is 2.12. The smallest absolute Gasteiger partial charge is 0.290 e. The highest BCUT2D eigenvalue weighted by Gasteiger charge is 2.19. The standard InChI is InChI=1S/C8H8F2N2O3/c1-15-4-2-3(7(11)13)5(6(9)10)12-8(4)14/h2,6H,1H3,(H2,11,13)(H,12,14). The number of primary amides is 1. The number of carbonyl (C=O) groups excluding carboxylic acids is 1. The van der Waals surface area contributed by atoms with Gasteiger partial charge in [0.1, 0.15) is 0 Å². The van der Waals surface area contributed by atoms with Crippen molar-refractivity contribution >= 4 is 5.91 Å². The van der Waals surface area contributed by atoms with Crippen LogP contribution in [0.25, 0.3) is 0 Å². The number of ether oxygens (including phenoxy) is 1. The third-order valence-electron chi connectivity index (χ3n) is 1.74. The molecule has 1 aromatic heterocycles. The van der Waals surface area contributed by atoms with Crippen molar-refractivity contribution in [1.29, 1.82) is 0 Å². The summed E-state index contributed by atoms with van der Waals surface area (Å²) in [5.41, 5.74) is 2.79. The first-order chi connectivity index (χ1) is 6.97. The maximum Gasteiger partial charge on any atom is 0.290 e. The monoisotopic (exact) mass is 218 g/mol. The number of rotatable bonds is 3. The van der Waals surface area contributed by atoms with Crippen molar-refractivity contribution in [3.63, 3.8) is 0 Å². The van der Waals surface area contributed by atoms with Gasteiger partial charge < -0.3 is 15.5 Å². The molecule has 0 spiro atoms. The number of hydrogen-bond donors (Lipinski definition) is 2. The van der Waals surface area contributed by atoms with E-state index in [4.69, 9.17) is 5.73 Å². The van der Waals surface area contributed by atoms with Crippen LogP contribution in [0, 0.1) is 0 Å². The maximum atomic E-state index is 12.4. The van der Waals surface area contributed by atoms with Crippen LogP contribution in [0.4, 0.5) is 8.78 Å². The van der Waals surface area contributed by atoms with Crippen molar-refractivity contribution in [2.45, 2.75) is 6.43 Å². The summed E-state index contributed by atoms with van der Waals surface area (Å²) in [6.07, 6.45) is -2.98. The number of carbonyl (C=O) groups is 1. The van der Waals surface area contributed by atoms with E-state index in [1.165, 1.54) is 7.11 Å². The van der Waals surface area contributed by atoms with Gasteiger partial charge in [-0.3, -0.25) is 9.59 Å². The molecule has 0 radical (unpaired) electrons. The van der Waals surface area contributed by atoms with Gasteiger partial charge in [-0.05, 0) is 0 Å². The van der Waals surface area contributed by atoms with E-state index in [1.807, 2.05) is 4.98 Å². The van der Waals surface area contributed by atoms with Crippen LogP contribution >= 0.6 is 0 Å². The summed E-state index contributed by atoms with van der Waals surface area (Å²) in [4.78, 5) is 23.7. The average molecular weight is 218 g/mol. The average Bonchev–Trinajstić information content (AvgIpc) is 2.16. The van der Waals surface area contributed by atoms with Crippen molar-refractivity contribution in [1.82, 2.24) is 4.98 Å². The topological polar surface area (TPSA) is 85.2 Å². The molecule has 82 valence electrons. The highest BCUT2D eigenvalue weighted by Crippen LogP contribution is 2.21. The number of nitrogens with two attached hydrogens (primary N) is 1. The highest BCUT2D eigenvalue weighted by molar-refractivity contribution is 5.94. The molecule has 1 rings (SSSR count). The fraction of sp³-hybridized carbons (Fsp3) is 0.250. The third-order valence-corrected chi connectivity index (χ3v) is 1.74. The zero-order valence-electron chi connectivity index (χ0n) is 7.71. The first-order valence-electron chi connectivity index (χ1n) is 3.86. The number of aromatic amines is 1. The summed E-state index contributed by atoms with van der Waals surface area (Å²) in [7, 11) is 1.18. The molecule has 5 nitrogen and oxygen atoms in total. The van der Waals surface area contributed by atoms with Gasteiger partial charge in [0, 0.05) is 6.07 Å². The van der Waals surface area contributed by atoms with Crippen molar-refractivity contribution in [2.24, 2.45) is 5.73 Å². The van der Waals surface area contributed by atoms with Gasteiger partial charge in [-0.15, -0.1) is 0 Å². The van der Waals surface area contributed by atoms with E-state index in [1.54, 1.807) is 0 Å². The summed E-state index contributed by atoms with van der Waals surface area (Å²) in [6.45, 7) is 0. The summed E-state index contributed by atoms with van der Waals surface area (Å²) in [5, 5.41) is 0. The van der Waals surface area contributed by atoms with Crippen LogP contribution in [-0.2, 0) is 0 Å². The Morgan fingerprint density at radius 2 is 2.20 bits per heavy atom. The Hall–Kier alpha value is -1.92. The van der Waals surface area contributed by atoms with E-state index in [2.05, 4.69) is 4.74 Å². The molecule has 1 aromatic rings. The number of pyridine rings is 1. The molecule has 0 aliphatic rings. The summed E-state index contributed by atoms with van der Waals surface area (Å²) in [5.74, 6) is -1.30. The second-order valence-corrected chi connectivity index (χ2v) is 2.66. The largest absolute Gasteiger partial charge is 0.491 e. The zero-order chi connectivity index (χ0) is 11.6. The second-order valence-electron chi connectivity index (χ2n) is 2.66. The molecular weight excluding hydrogens is 210 g/mol. The molecule has 0 aliphatic heterocycles. The van der Waals surface area contributed by atoms with Gasteiger partial charge in [-0.2, -0.15) is 0 Å². The number of nitrogens with one attached hydrogen (secondary N) is 1. The van der Waals surface area contributed by atoms with Crippen molar-refractivity contribution < 1.29 is 18.3 Å². The first-order valence-corrected chi connectivity index (χ1v) is 3.86. The number of hydrogen-bond acceptors (Lipinski definition) is 3. The SMILES string of the molecule is COc1cc(C(N)=O)c(C(F)F)[nH]c1=O. The lowest BCUT2D eigenvalue weighted by molar-refractivity contribution is 0.0982. The minimum absolute atomic E-state index is 0.242. The molecule has 0 unspecified atom stereocenters. The quantitative estimate of drug-likeness (QED) is 0.770. The van der Waals surface area contributed by atoms with Gasteiger partial charge in [0.05, 0.1) is 18.4 Å². The van der Waals surface area contributed by atoms with Gasteiger partial charge in [-0.1, -0.05) is 0 Å². The van der Waals surface area contributed by atoms with Gasteiger partial charge in [0.25, 0.3) is 17.9 Å². The predicted octanol–water partition coefficient (Wildman–Crippen LogP) is 0.420. The van der Waals surface area contributed by atoms with E-state index in [0.29, 0.717) is 0 Å². The zero-order valence-corrected chi connectivity index (χ0v) is 7.71. The van der Waals surface area contributed by atoms with Gasteiger partial charge >= 0.3 is 0 Å². The van der Waals surface area contributed by atoms with Crippen LogP contribution in [0.2, 0.25) is 0 Å². The number of amides is 1. The van der Waals surface area contributed by atoms with Crippen LogP contribution in [0.1, 0.15) is 22.5 Å². The fourth-order valence-electron chi connectivity index (χ4n) is 1.05. The van der Waals surface area contributed by atoms with Crippen molar-refractivity contribution in [3.05, 3.63) is 27.7 Å². The molecule has 0 fully saturated rings. The first kappa shape index (κ1) is 11.2. The minimum atomic E-state index is -2.98. The van der Waals surface area contributed by atoms with E-state index in [9.17, 15) is 18.4 Å². The molecule has 0 saturated heterocycles. The predicted molar refractivity (Wildman–Crippen MR) is 47.1 cm³/mol. The lowest BCUT2D eigenvalue weighted by Crippen LogP contribution is -2.20. The van der Waals surface area contributed by atoms with E-state index in [0.717, 1.165) is 6.07 Å². The lowest BCUT2D eigenvalue weighted by atomic mass is 10.2. The van der Waals surface area contributed by atoms with E-state index >= 15 is 0 Å². The van der Waals surface area contributed by atoms with Crippen LogP contribution in [0.5, 0.6) is 5.75 Å². The number of H-pyrrole nitrogens is 1. The Balaban J connectivity index is 3.46. The summed E-state index contributed by atoms with van der Waals surface area (Å²) >= 11 is 0. The van der Waals surface area contributed by atoms with Gasteiger partial charge in [0.15, 0.2) is 5.75 Å². The lowest BCUT2D eigenvalue weighted by Gasteiger charge is -2.07. The van der Waals surface area contributed by atoms with Crippen LogP contribution in [0.3, 0.4) is 0 Å². The normalized spacial score (nSPS) is 10.4. The molecule has 0 aromatic carbocycles. The van der Waals surface area contributed by atoms with Crippen LogP contribution in [0.15, 0.2) is 10.9 Å². The Morgan fingerprint density at radius 1 is 1.60 bits per heavy atom. The Labute approximate surface area is 82.9 Å². The molecule has 1 amide bonds. The molecular formula is C8H8F2N2O3. The molecule has 0 aliphatic carbocycles. The Bertz CT molecular complexity index is 442. The molecule has 7 heteroatoms. The molecule has 0 atom stereocenters. The number of methoxy groups -OCH3 is 1. The summed E-state index contributed by atoms with van der Waals surface area (Å²) < 4.78 is 29.3. The van der Waals surface area contributed by atoms with E-state index < -0.39 is 29.1 Å². The molecule has 0 bridgehead atoms. The van der Waals surface area contributed by atoms with Gasteiger partial charge in [0.2, 0.25) is 0 Å². The number of halogens is 2. The second kappa shape index (κ2) is 4.07. The fourth-order valence-corrected chi connectivity index (χ4v) is 1.05. The molecule has 15 heavy (non-hydrogen) atoms.